The molecule has 1 atom stereocenters. The number of methoxy groups -OCH3 is 1. The molecule has 3 aromatic carbocycles. The average Bonchev–Trinajstić information content (AvgIpc) is 3.53. The molecular formula is C34H28BrFN4O5S. The molecule has 0 bridgehead atoms. The Morgan fingerprint density at radius 3 is 2.61 bits per heavy atom. The van der Waals surface area contributed by atoms with E-state index in [9.17, 15) is 18.8 Å². The van der Waals surface area contributed by atoms with Gasteiger partial charge in [-0.1, -0.05) is 35.6 Å². The molecule has 1 N–H and O–H groups in total. The number of hydrogen-bond donors (Lipinski definition) is 1. The average molecular weight is 704 g/mol. The molecule has 5 aromatic rings. The lowest BCUT2D eigenvalue weighted by molar-refractivity contribution is -0.139. The molecule has 0 fully saturated rings. The second kappa shape index (κ2) is 12.9. The maximum absolute atomic E-state index is 14.2. The standard InChI is InChI=1S/C34H28BrFN4O5S/c1-4-45-33(43)30-19(2)37-34-40(31(30)20-9-14-27(44-3)25(35)15-20)32(42)28(46-34)16-21-17-39(26-8-6-5-7-24(21)26)18-29(41)38-23-12-10-22(36)11-13-23/h5-17,31H,4,18H2,1-3H3,(H,38,41)/b28-16+/t31-/m1/s1. The number of para-hydroxylation sites is 1. The molecule has 1 aliphatic rings. The summed E-state index contributed by atoms with van der Waals surface area (Å²) in [6, 6.07) is 17.8. The van der Waals surface area contributed by atoms with Gasteiger partial charge in [0.05, 0.1) is 40.0 Å². The number of halogens is 2. The van der Waals surface area contributed by atoms with E-state index in [0.717, 1.165) is 16.5 Å². The lowest BCUT2D eigenvalue weighted by Crippen LogP contribution is -2.39. The highest BCUT2D eigenvalue weighted by Crippen LogP contribution is 2.35. The first-order chi connectivity index (χ1) is 22.2. The quantitative estimate of drug-likeness (QED) is 0.221. The first-order valence-corrected chi connectivity index (χ1v) is 16.0. The third-order valence-electron chi connectivity index (χ3n) is 7.56. The number of nitrogens with zero attached hydrogens (tertiary/aromatic N) is 3. The van der Waals surface area contributed by atoms with Crippen LogP contribution in [0, 0.1) is 5.82 Å². The largest absolute Gasteiger partial charge is 0.496 e. The van der Waals surface area contributed by atoms with Crippen LogP contribution >= 0.6 is 27.3 Å². The summed E-state index contributed by atoms with van der Waals surface area (Å²) in [5, 5.41) is 3.64. The number of esters is 1. The van der Waals surface area contributed by atoms with Crippen LogP contribution in [-0.2, 0) is 20.9 Å². The molecule has 1 amide bonds. The third kappa shape index (κ3) is 5.93. The number of thiazole rings is 1. The van der Waals surface area contributed by atoms with Gasteiger partial charge < -0.3 is 19.4 Å². The number of fused-ring (bicyclic) bond motifs is 2. The second-order valence-electron chi connectivity index (χ2n) is 10.5. The number of nitrogens with one attached hydrogen (secondary N) is 1. The Labute approximate surface area is 275 Å². The number of rotatable bonds is 8. The van der Waals surface area contributed by atoms with Crippen molar-refractivity contribution in [3.63, 3.8) is 0 Å². The Bertz CT molecular complexity index is 2220. The minimum atomic E-state index is -0.781. The molecule has 9 nitrogen and oxygen atoms in total. The Morgan fingerprint density at radius 2 is 1.89 bits per heavy atom. The summed E-state index contributed by atoms with van der Waals surface area (Å²) in [7, 11) is 1.56. The topological polar surface area (TPSA) is 104 Å². The van der Waals surface area contributed by atoms with Crippen molar-refractivity contribution in [3.05, 3.63) is 125 Å². The van der Waals surface area contributed by atoms with E-state index in [4.69, 9.17) is 9.47 Å². The van der Waals surface area contributed by atoms with Crippen LogP contribution in [0.15, 0.2) is 98.5 Å². The highest BCUT2D eigenvalue weighted by atomic mass is 79.9. The summed E-state index contributed by atoms with van der Waals surface area (Å²) in [6.45, 7) is 3.64. The minimum Gasteiger partial charge on any atom is -0.496 e. The van der Waals surface area contributed by atoms with Gasteiger partial charge in [-0.15, -0.1) is 0 Å². The van der Waals surface area contributed by atoms with Crippen molar-refractivity contribution in [2.75, 3.05) is 19.0 Å². The summed E-state index contributed by atoms with van der Waals surface area (Å²) in [4.78, 5) is 45.4. The zero-order chi connectivity index (χ0) is 32.5. The molecule has 234 valence electrons. The van der Waals surface area contributed by atoms with E-state index < -0.39 is 12.0 Å². The van der Waals surface area contributed by atoms with Gasteiger partial charge in [0.15, 0.2) is 4.80 Å². The predicted molar refractivity (Wildman–Crippen MR) is 178 cm³/mol. The van der Waals surface area contributed by atoms with Crippen molar-refractivity contribution in [3.8, 4) is 5.75 Å². The van der Waals surface area contributed by atoms with Crippen LogP contribution in [0.1, 0.15) is 31.0 Å². The van der Waals surface area contributed by atoms with Gasteiger partial charge in [-0.2, -0.15) is 0 Å². The van der Waals surface area contributed by atoms with Crippen LogP contribution in [0.4, 0.5) is 10.1 Å². The van der Waals surface area contributed by atoms with Gasteiger partial charge in [0, 0.05) is 28.4 Å². The van der Waals surface area contributed by atoms with Crippen LogP contribution in [-0.4, -0.2) is 34.7 Å². The molecule has 12 heteroatoms. The Balaban J connectivity index is 1.44. The Morgan fingerprint density at radius 1 is 1.13 bits per heavy atom. The molecular weight excluding hydrogens is 675 g/mol. The van der Waals surface area contributed by atoms with Crippen molar-refractivity contribution < 1.29 is 23.5 Å². The lowest BCUT2D eigenvalue weighted by Gasteiger charge is -2.25. The number of ether oxygens (including phenoxy) is 2. The highest BCUT2D eigenvalue weighted by Gasteiger charge is 2.33. The summed E-state index contributed by atoms with van der Waals surface area (Å²) < 4.78 is 28.5. The molecule has 46 heavy (non-hydrogen) atoms. The van der Waals surface area contributed by atoms with E-state index in [2.05, 4.69) is 26.2 Å². The second-order valence-corrected chi connectivity index (χ2v) is 12.3. The van der Waals surface area contributed by atoms with Gasteiger partial charge in [0.2, 0.25) is 5.91 Å². The van der Waals surface area contributed by atoms with Gasteiger partial charge in [-0.3, -0.25) is 14.2 Å². The maximum Gasteiger partial charge on any atom is 0.338 e. The van der Waals surface area contributed by atoms with Crippen molar-refractivity contribution in [2.24, 2.45) is 4.99 Å². The molecule has 0 saturated heterocycles. The van der Waals surface area contributed by atoms with Crippen molar-refractivity contribution in [1.29, 1.82) is 0 Å². The normalized spacial score (nSPS) is 14.6. The van der Waals surface area contributed by atoms with Crippen LogP contribution in [0.5, 0.6) is 5.75 Å². The fourth-order valence-electron chi connectivity index (χ4n) is 5.51. The van der Waals surface area contributed by atoms with E-state index in [0.29, 0.717) is 36.5 Å². The summed E-state index contributed by atoms with van der Waals surface area (Å²) in [6.07, 6.45) is 3.60. The van der Waals surface area contributed by atoms with Gasteiger partial charge in [0.25, 0.3) is 5.56 Å². The first-order valence-electron chi connectivity index (χ1n) is 14.3. The molecule has 3 heterocycles. The first kappa shape index (κ1) is 31.2. The fourth-order valence-corrected chi connectivity index (χ4v) is 7.11. The monoisotopic (exact) mass is 702 g/mol. The predicted octanol–water partition coefficient (Wildman–Crippen LogP) is 5.30. The number of allylic oxidation sites excluding steroid dienone is 1. The number of hydrogen-bond acceptors (Lipinski definition) is 7. The fraction of sp³-hybridized carbons (Fsp3) is 0.176. The molecule has 0 saturated carbocycles. The summed E-state index contributed by atoms with van der Waals surface area (Å²) in [5.74, 6) is -0.611. The molecule has 1 aliphatic heterocycles. The SMILES string of the molecule is CCOC(=O)C1=C(C)N=c2s/c(=C/c3cn(CC(=O)Nc4ccc(F)cc4)c4ccccc34)c(=O)n2[C@@H]1c1ccc(OC)c(Br)c1. The third-order valence-corrected chi connectivity index (χ3v) is 9.16. The smallest absolute Gasteiger partial charge is 0.338 e. The Kier molecular flexibility index (Phi) is 8.74. The molecule has 0 aliphatic carbocycles. The van der Waals surface area contributed by atoms with Gasteiger partial charge in [-0.05, 0) is 83.9 Å². The number of carbonyl (C=O) groups excluding carboxylic acids is 2. The lowest BCUT2D eigenvalue weighted by atomic mass is 9.96. The van der Waals surface area contributed by atoms with Crippen LogP contribution in [0.2, 0.25) is 0 Å². The zero-order valence-corrected chi connectivity index (χ0v) is 27.4. The van der Waals surface area contributed by atoms with Crippen molar-refractivity contribution in [1.82, 2.24) is 9.13 Å². The minimum absolute atomic E-state index is 0.00141. The van der Waals surface area contributed by atoms with E-state index in [1.165, 1.54) is 40.2 Å². The Hall–Kier alpha value is -4.81. The summed E-state index contributed by atoms with van der Waals surface area (Å²) in [5.41, 5.74) is 3.13. The van der Waals surface area contributed by atoms with E-state index in [1.807, 2.05) is 42.6 Å². The molecule has 2 aromatic heterocycles. The highest BCUT2D eigenvalue weighted by molar-refractivity contribution is 9.10. The molecule has 0 unspecified atom stereocenters. The number of benzene rings is 3. The zero-order valence-electron chi connectivity index (χ0n) is 25.0. The summed E-state index contributed by atoms with van der Waals surface area (Å²) >= 11 is 4.75. The van der Waals surface area contributed by atoms with E-state index in [1.54, 1.807) is 37.7 Å². The van der Waals surface area contributed by atoms with Crippen LogP contribution in [0.3, 0.4) is 0 Å². The van der Waals surface area contributed by atoms with Crippen molar-refractivity contribution >= 4 is 61.8 Å². The van der Waals surface area contributed by atoms with E-state index >= 15 is 0 Å². The van der Waals surface area contributed by atoms with E-state index in [-0.39, 0.29) is 36.0 Å². The number of carbonyl (C=O) groups is 2. The van der Waals surface area contributed by atoms with Gasteiger partial charge >= 0.3 is 5.97 Å². The van der Waals surface area contributed by atoms with Gasteiger partial charge in [-0.25, -0.2) is 14.2 Å². The van der Waals surface area contributed by atoms with Crippen LogP contribution in [0.25, 0.3) is 17.0 Å². The number of anilines is 1. The molecule has 6 rings (SSSR count). The maximum atomic E-state index is 14.2. The van der Waals surface area contributed by atoms with Crippen molar-refractivity contribution in [2.45, 2.75) is 26.4 Å². The van der Waals surface area contributed by atoms with Crippen LogP contribution < -0.4 is 24.9 Å². The number of aromatic nitrogens is 2. The number of amides is 1. The molecule has 0 spiro atoms. The van der Waals surface area contributed by atoms with Gasteiger partial charge in [0.1, 0.15) is 18.1 Å². The molecule has 0 radical (unpaired) electrons.